The van der Waals surface area contributed by atoms with E-state index in [1.165, 1.54) is 0 Å². The largest absolute Gasteiger partial charge is 0.454 e. The van der Waals surface area contributed by atoms with Gasteiger partial charge in [0.15, 0.2) is 16.7 Å². The lowest BCUT2D eigenvalue weighted by molar-refractivity contribution is 0.667. The molecule has 0 saturated carbocycles. The molecular weight excluding hydrogens is 869 g/mol. The van der Waals surface area contributed by atoms with Crippen LogP contribution in [0, 0.1) is 13.8 Å². The second-order valence-electron chi connectivity index (χ2n) is 18.5. The Morgan fingerprint density at radius 2 is 0.704 bits per heavy atom. The summed E-state index contributed by atoms with van der Waals surface area (Å²) in [6, 6.07) is 81.6. The number of hydrogen-bond donors (Lipinski definition) is 0. The first-order valence-electron chi connectivity index (χ1n) is 24.2. The van der Waals surface area contributed by atoms with E-state index in [4.69, 9.17) is 13.3 Å². The number of para-hydroxylation sites is 5. The first-order valence-corrected chi connectivity index (χ1v) is 24.2. The lowest BCUT2D eigenvalue weighted by atomic mass is 9.97. The first kappa shape index (κ1) is 40.7. The average molecular weight is 913 g/mol. The Hall–Kier alpha value is -9.32. The highest BCUT2D eigenvalue weighted by Crippen LogP contribution is 2.56. The molecule has 0 aliphatic heterocycles. The molecule has 0 aliphatic carbocycles. The highest BCUT2D eigenvalue weighted by molar-refractivity contribution is 6.29. The fourth-order valence-corrected chi connectivity index (χ4v) is 11.0. The number of aryl methyl sites for hydroxylation is 2. The molecule has 71 heavy (non-hydrogen) atoms. The van der Waals surface area contributed by atoms with Crippen molar-refractivity contribution in [3.63, 3.8) is 0 Å². The van der Waals surface area contributed by atoms with Crippen LogP contribution in [0.2, 0.25) is 0 Å². The second-order valence-corrected chi connectivity index (χ2v) is 18.5. The zero-order chi connectivity index (χ0) is 47.2. The molecule has 0 saturated heterocycles. The van der Waals surface area contributed by atoms with Gasteiger partial charge in [0.1, 0.15) is 16.7 Å². The summed E-state index contributed by atoms with van der Waals surface area (Å²) in [7, 11) is 0. The van der Waals surface area contributed by atoms with Gasteiger partial charge in [0.05, 0.1) is 28.1 Å². The summed E-state index contributed by atoms with van der Waals surface area (Å²) >= 11 is 0. The molecule has 0 atom stereocenters. The topological polar surface area (TPSA) is 45.9 Å². The van der Waals surface area contributed by atoms with Gasteiger partial charge in [0.2, 0.25) is 0 Å². The highest BCUT2D eigenvalue weighted by atomic mass is 16.3. The van der Waals surface area contributed by atoms with Crippen LogP contribution in [0.3, 0.4) is 0 Å². The maximum absolute atomic E-state index is 7.36. The van der Waals surface area contributed by atoms with Gasteiger partial charge in [-0.3, -0.25) is 0 Å². The zero-order valence-corrected chi connectivity index (χ0v) is 39.1. The van der Waals surface area contributed by atoms with Crippen LogP contribution in [0.15, 0.2) is 244 Å². The summed E-state index contributed by atoms with van der Waals surface area (Å²) in [4.78, 5) is 4.76. The van der Waals surface area contributed by atoms with E-state index >= 15 is 0 Å². The van der Waals surface area contributed by atoms with Crippen LogP contribution >= 0.6 is 0 Å². The van der Waals surface area contributed by atoms with Gasteiger partial charge in [0.25, 0.3) is 0 Å². The van der Waals surface area contributed by atoms with Crippen LogP contribution in [-0.2, 0) is 0 Å². The molecule has 14 rings (SSSR count). The summed E-state index contributed by atoms with van der Waals surface area (Å²) in [5, 5.41) is 8.24. The van der Waals surface area contributed by atoms with Gasteiger partial charge in [-0.1, -0.05) is 188 Å². The monoisotopic (exact) mass is 912 g/mol. The summed E-state index contributed by atoms with van der Waals surface area (Å²) < 4.78 is 21.8. The molecule has 5 heteroatoms. The number of fused-ring (bicyclic) bond motifs is 10. The normalized spacial score (nSPS) is 11.8. The molecule has 0 aliphatic rings. The Kier molecular flexibility index (Phi) is 9.26. The number of anilines is 6. The number of hydrogen-bond acceptors (Lipinski definition) is 5. The van der Waals surface area contributed by atoms with E-state index in [0.717, 1.165) is 144 Å². The Balaban J connectivity index is 1.11. The van der Waals surface area contributed by atoms with Gasteiger partial charge in [-0.25, -0.2) is 0 Å². The minimum absolute atomic E-state index is 0.750. The van der Waals surface area contributed by atoms with Gasteiger partial charge in [0, 0.05) is 60.2 Å². The molecule has 0 fully saturated rings. The number of rotatable bonds is 8. The quantitative estimate of drug-likeness (QED) is 0.142. The number of nitrogens with zero attached hydrogens (tertiary/aromatic N) is 2. The maximum Gasteiger partial charge on any atom is 0.162 e. The summed E-state index contributed by atoms with van der Waals surface area (Å²) in [6.45, 7) is 4.30. The van der Waals surface area contributed by atoms with E-state index in [-0.39, 0.29) is 0 Å². The molecule has 0 N–H and O–H groups in total. The predicted molar refractivity (Wildman–Crippen MR) is 295 cm³/mol. The van der Waals surface area contributed by atoms with E-state index < -0.39 is 0 Å². The van der Waals surface area contributed by atoms with E-state index in [9.17, 15) is 0 Å². The third-order valence-corrected chi connectivity index (χ3v) is 14.1. The van der Waals surface area contributed by atoms with Crippen molar-refractivity contribution in [1.82, 2.24) is 0 Å². The third kappa shape index (κ3) is 6.40. The molecule has 336 valence electrons. The molecular formula is C66H44N2O3. The highest BCUT2D eigenvalue weighted by Gasteiger charge is 2.32. The SMILES string of the molecule is Cc1cccc(N(c2cccc3c2oc2c(-c4ccccc4)cccc23)c2c3ccccc3c(N(c3cccc(C)c3)c3cccc4c3oc3c(-c5ccccc5)cccc34)c3c2oc2ccccc23)c1. The van der Waals surface area contributed by atoms with Gasteiger partial charge < -0.3 is 23.1 Å². The van der Waals surface area contributed by atoms with Crippen LogP contribution in [0.25, 0.3) is 98.8 Å². The van der Waals surface area contributed by atoms with E-state index in [2.05, 4.69) is 254 Å². The smallest absolute Gasteiger partial charge is 0.162 e. The molecule has 3 heterocycles. The second kappa shape index (κ2) is 16.2. The molecule has 0 unspecified atom stereocenters. The minimum Gasteiger partial charge on any atom is -0.454 e. The lowest BCUT2D eigenvalue weighted by Gasteiger charge is -2.31. The molecule has 0 amide bonds. The van der Waals surface area contributed by atoms with Crippen molar-refractivity contribution < 1.29 is 13.3 Å². The lowest BCUT2D eigenvalue weighted by Crippen LogP contribution is -2.14. The molecule has 11 aromatic carbocycles. The Morgan fingerprint density at radius 1 is 0.296 bits per heavy atom. The van der Waals surface area contributed by atoms with Crippen molar-refractivity contribution >= 4 is 111 Å². The van der Waals surface area contributed by atoms with Crippen molar-refractivity contribution in [2.24, 2.45) is 0 Å². The fourth-order valence-electron chi connectivity index (χ4n) is 11.0. The minimum atomic E-state index is 0.750. The maximum atomic E-state index is 7.36. The van der Waals surface area contributed by atoms with Crippen LogP contribution in [0.1, 0.15) is 11.1 Å². The molecule has 5 nitrogen and oxygen atoms in total. The predicted octanol–water partition coefficient (Wildman–Crippen LogP) is 19.4. The van der Waals surface area contributed by atoms with Crippen molar-refractivity contribution in [3.8, 4) is 22.3 Å². The Labute approximate surface area is 409 Å². The van der Waals surface area contributed by atoms with Crippen LogP contribution in [-0.4, -0.2) is 0 Å². The molecule has 0 spiro atoms. The Morgan fingerprint density at radius 3 is 1.23 bits per heavy atom. The van der Waals surface area contributed by atoms with E-state index in [1.807, 2.05) is 0 Å². The molecule has 14 aromatic rings. The third-order valence-electron chi connectivity index (χ3n) is 14.1. The van der Waals surface area contributed by atoms with Crippen molar-refractivity contribution in [2.75, 3.05) is 9.80 Å². The van der Waals surface area contributed by atoms with Crippen LogP contribution in [0.4, 0.5) is 34.1 Å². The average Bonchev–Trinajstić information content (AvgIpc) is 4.12. The van der Waals surface area contributed by atoms with Crippen LogP contribution < -0.4 is 9.80 Å². The zero-order valence-electron chi connectivity index (χ0n) is 39.1. The van der Waals surface area contributed by atoms with Crippen molar-refractivity contribution in [3.05, 3.63) is 242 Å². The molecule has 0 radical (unpaired) electrons. The summed E-state index contributed by atoms with van der Waals surface area (Å²) in [6.07, 6.45) is 0. The standard InChI is InChI=1S/C66H44N2O3/c1-41-19-13-25-45(39-41)67(56-36-17-34-53-51-32-15-30-47(62(51)70-64(53)56)43-21-5-3-6-22-43)60-49-27-9-10-28-50(49)61(66-59(60)55-29-11-12-38-58(55)69-66)68(46-26-14-20-42(2)40-46)57-37-18-35-54-52-33-16-31-48(63(52)71-65(54)57)44-23-7-4-8-24-44/h3-40H,1-2H3. The number of furan rings is 3. The van der Waals surface area contributed by atoms with E-state index in [0.29, 0.717) is 0 Å². The number of benzene rings is 11. The Bertz CT molecular complexity index is 4390. The van der Waals surface area contributed by atoms with Crippen molar-refractivity contribution in [1.29, 1.82) is 0 Å². The molecule has 0 bridgehead atoms. The van der Waals surface area contributed by atoms with Crippen molar-refractivity contribution in [2.45, 2.75) is 13.8 Å². The summed E-state index contributed by atoms with van der Waals surface area (Å²) in [5.41, 5.74) is 17.1. The van der Waals surface area contributed by atoms with Gasteiger partial charge in [-0.05, 0) is 78.6 Å². The summed E-state index contributed by atoms with van der Waals surface area (Å²) in [5.74, 6) is 0. The fraction of sp³-hybridized carbons (Fsp3) is 0.0303. The first-order chi connectivity index (χ1) is 35.1. The van der Waals surface area contributed by atoms with Gasteiger partial charge in [-0.15, -0.1) is 0 Å². The van der Waals surface area contributed by atoms with Crippen LogP contribution in [0.5, 0.6) is 0 Å². The van der Waals surface area contributed by atoms with Gasteiger partial charge >= 0.3 is 0 Å². The molecule has 3 aromatic heterocycles. The van der Waals surface area contributed by atoms with Gasteiger partial charge in [-0.2, -0.15) is 0 Å². The van der Waals surface area contributed by atoms with E-state index in [1.54, 1.807) is 0 Å².